The Bertz CT molecular complexity index is 850. The molecule has 0 heterocycles. The summed E-state index contributed by atoms with van der Waals surface area (Å²) in [5.74, 6) is -0.765. The van der Waals surface area contributed by atoms with E-state index in [1.54, 1.807) is 18.2 Å². The third kappa shape index (κ3) is 5.00. The fraction of sp³-hybridized carbons (Fsp3) is 0.118. The van der Waals surface area contributed by atoms with Gasteiger partial charge in [-0.15, -0.1) is 0 Å². The van der Waals surface area contributed by atoms with Crippen LogP contribution in [0.1, 0.15) is 11.1 Å². The van der Waals surface area contributed by atoms with Crippen molar-refractivity contribution >= 4 is 15.9 Å². The van der Waals surface area contributed by atoms with Gasteiger partial charge in [-0.1, -0.05) is 30.8 Å². The summed E-state index contributed by atoms with van der Waals surface area (Å²) in [7, 11) is -3.74. The molecule has 0 saturated heterocycles. The fourth-order valence-corrected chi connectivity index (χ4v) is 3.08. The lowest BCUT2D eigenvalue weighted by Crippen LogP contribution is -2.24. The first kappa shape index (κ1) is 17.8. The van der Waals surface area contributed by atoms with E-state index in [1.807, 2.05) is 0 Å². The predicted octanol–water partition coefficient (Wildman–Crippen LogP) is 2.11. The van der Waals surface area contributed by atoms with Crippen LogP contribution in [0.3, 0.4) is 0 Å². The van der Waals surface area contributed by atoms with Gasteiger partial charge in [0.2, 0.25) is 15.9 Å². The van der Waals surface area contributed by atoms with Crippen molar-refractivity contribution in [1.82, 2.24) is 10.0 Å². The molecule has 24 heavy (non-hydrogen) atoms. The predicted molar refractivity (Wildman–Crippen MR) is 88.9 cm³/mol. The zero-order valence-electron chi connectivity index (χ0n) is 12.8. The molecular weight excluding hydrogens is 331 g/mol. The van der Waals surface area contributed by atoms with Crippen molar-refractivity contribution in [1.29, 1.82) is 0 Å². The van der Waals surface area contributed by atoms with E-state index in [2.05, 4.69) is 16.6 Å². The SMILES string of the molecule is C=CC(=O)NCc1cccc(S(=O)(=O)NCc2cccc(F)c2)c1. The second-order valence-corrected chi connectivity index (χ2v) is 6.79. The van der Waals surface area contributed by atoms with Crippen molar-refractivity contribution < 1.29 is 17.6 Å². The molecule has 7 heteroatoms. The second-order valence-electron chi connectivity index (χ2n) is 5.02. The summed E-state index contributed by atoms with van der Waals surface area (Å²) in [5, 5.41) is 2.58. The van der Waals surface area contributed by atoms with Crippen molar-refractivity contribution in [2.45, 2.75) is 18.0 Å². The molecule has 0 bridgehead atoms. The van der Waals surface area contributed by atoms with Crippen molar-refractivity contribution in [3.05, 3.63) is 78.1 Å². The number of carbonyl (C=O) groups is 1. The number of benzene rings is 2. The molecule has 0 aliphatic heterocycles. The van der Waals surface area contributed by atoms with Gasteiger partial charge >= 0.3 is 0 Å². The summed E-state index contributed by atoms with van der Waals surface area (Å²) in [4.78, 5) is 11.2. The van der Waals surface area contributed by atoms with E-state index < -0.39 is 15.8 Å². The summed E-state index contributed by atoms with van der Waals surface area (Å²) in [6, 6.07) is 11.9. The van der Waals surface area contributed by atoms with Crippen LogP contribution in [0.2, 0.25) is 0 Å². The highest BCUT2D eigenvalue weighted by Crippen LogP contribution is 2.12. The second kappa shape index (κ2) is 7.85. The maximum absolute atomic E-state index is 13.1. The van der Waals surface area contributed by atoms with Crippen LogP contribution in [0, 0.1) is 5.82 Å². The number of carbonyl (C=O) groups excluding carboxylic acids is 1. The zero-order chi connectivity index (χ0) is 17.6. The Labute approximate surface area is 140 Å². The van der Waals surface area contributed by atoms with Crippen LogP contribution in [0.4, 0.5) is 4.39 Å². The topological polar surface area (TPSA) is 75.3 Å². The molecule has 0 spiro atoms. The van der Waals surface area contributed by atoms with Gasteiger partial charge in [0.15, 0.2) is 0 Å². The number of sulfonamides is 1. The molecule has 0 aliphatic carbocycles. The van der Waals surface area contributed by atoms with Gasteiger partial charge in [-0.3, -0.25) is 4.79 Å². The molecule has 0 aromatic heterocycles. The maximum atomic E-state index is 13.1. The van der Waals surface area contributed by atoms with Gasteiger partial charge in [-0.05, 0) is 41.5 Å². The minimum absolute atomic E-state index is 0.0163. The van der Waals surface area contributed by atoms with Crippen molar-refractivity contribution in [3.8, 4) is 0 Å². The average Bonchev–Trinajstić information content (AvgIpc) is 2.58. The minimum Gasteiger partial charge on any atom is -0.348 e. The molecule has 0 aliphatic rings. The van der Waals surface area contributed by atoms with Gasteiger partial charge in [-0.2, -0.15) is 0 Å². The number of rotatable bonds is 7. The summed E-state index contributed by atoms with van der Waals surface area (Å²) >= 11 is 0. The van der Waals surface area contributed by atoms with E-state index >= 15 is 0 Å². The van der Waals surface area contributed by atoms with Gasteiger partial charge in [0.1, 0.15) is 5.82 Å². The Kier molecular flexibility index (Phi) is 5.83. The van der Waals surface area contributed by atoms with Crippen molar-refractivity contribution in [2.24, 2.45) is 0 Å². The standard InChI is InChI=1S/C17H17FN2O3S/c1-2-17(21)19-11-14-6-4-8-16(10-14)24(22,23)20-12-13-5-3-7-15(18)9-13/h2-10,20H,1,11-12H2,(H,19,21). The molecule has 5 nitrogen and oxygen atoms in total. The Morgan fingerprint density at radius 1 is 1.08 bits per heavy atom. The number of amides is 1. The Morgan fingerprint density at radius 2 is 1.75 bits per heavy atom. The molecule has 0 radical (unpaired) electrons. The van der Waals surface area contributed by atoms with Crippen LogP contribution in [0.5, 0.6) is 0 Å². The fourth-order valence-electron chi connectivity index (χ4n) is 1.99. The Morgan fingerprint density at radius 3 is 2.42 bits per heavy atom. The van der Waals surface area contributed by atoms with E-state index in [1.165, 1.54) is 30.3 Å². The van der Waals surface area contributed by atoms with Crippen LogP contribution in [-0.2, 0) is 27.9 Å². The van der Waals surface area contributed by atoms with Crippen molar-refractivity contribution in [2.75, 3.05) is 0 Å². The molecule has 2 aromatic carbocycles. The van der Waals surface area contributed by atoms with Gasteiger partial charge in [0, 0.05) is 13.1 Å². The highest BCUT2D eigenvalue weighted by Gasteiger charge is 2.14. The van der Waals surface area contributed by atoms with Gasteiger partial charge in [-0.25, -0.2) is 17.5 Å². The normalized spacial score (nSPS) is 11.0. The summed E-state index contributed by atoms with van der Waals surface area (Å²) in [5.41, 5.74) is 1.16. The Hall–Kier alpha value is -2.51. The molecule has 0 saturated carbocycles. The summed E-state index contributed by atoms with van der Waals surface area (Å²) in [6.45, 7) is 3.52. The van der Waals surface area contributed by atoms with E-state index in [0.29, 0.717) is 11.1 Å². The maximum Gasteiger partial charge on any atom is 0.243 e. The lowest BCUT2D eigenvalue weighted by atomic mass is 10.2. The highest BCUT2D eigenvalue weighted by atomic mass is 32.2. The van der Waals surface area contributed by atoms with Crippen LogP contribution in [0.25, 0.3) is 0 Å². The first-order chi connectivity index (χ1) is 11.4. The monoisotopic (exact) mass is 348 g/mol. The molecule has 2 aromatic rings. The van der Waals surface area contributed by atoms with E-state index in [0.717, 1.165) is 6.08 Å². The lowest BCUT2D eigenvalue weighted by molar-refractivity contribution is -0.116. The molecule has 126 valence electrons. The smallest absolute Gasteiger partial charge is 0.243 e. The molecule has 1 amide bonds. The largest absolute Gasteiger partial charge is 0.348 e. The first-order valence-electron chi connectivity index (χ1n) is 7.14. The van der Waals surface area contributed by atoms with Gasteiger partial charge in [0.05, 0.1) is 4.90 Å². The van der Waals surface area contributed by atoms with E-state index in [9.17, 15) is 17.6 Å². The molecular formula is C17H17FN2O3S. The molecule has 0 atom stereocenters. The molecule has 2 N–H and O–H groups in total. The number of nitrogens with one attached hydrogen (secondary N) is 2. The first-order valence-corrected chi connectivity index (χ1v) is 8.62. The van der Waals surface area contributed by atoms with Gasteiger partial charge in [0.25, 0.3) is 0 Å². The summed E-state index contributed by atoms with van der Waals surface area (Å²) in [6.07, 6.45) is 1.14. The third-order valence-electron chi connectivity index (χ3n) is 3.22. The van der Waals surface area contributed by atoms with Gasteiger partial charge < -0.3 is 5.32 Å². The minimum atomic E-state index is -3.74. The van der Waals surface area contributed by atoms with E-state index in [-0.39, 0.29) is 23.9 Å². The van der Waals surface area contributed by atoms with Crippen LogP contribution in [0.15, 0.2) is 66.1 Å². The van der Waals surface area contributed by atoms with E-state index in [4.69, 9.17) is 0 Å². The summed E-state index contributed by atoms with van der Waals surface area (Å²) < 4.78 is 40.2. The van der Waals surface area contributed by atoms with Crippen molar-refractivity contribution in [3.63, 3.8) is 0 Å². The number of hydrogen-bond acceptors (Lipinski definition) is 3. The van der Waals surface area contributed by atoms with Crippen LogP contribution in [-0.4, -0.2) is 14.3 Å². The number of halogens is 1. The van der Waals surface area contributed by atoms with Crippen LogP contribution >= 0.6 is 0 Å². The lowest BCUT2D eigenvalue weighted by Gasteiger charge is -2.09. The number of hydrogen-bond donors (Lipinski definition) is 2. The third-order valence-corrected chi connectivity index (χ3v) is 4.62. The average molecular weight is 348 g/mol. The molecule has 0 unspecified atom stereocenters. The quantitative estimate of drug-likeness (QED) is 0.753. The molecule has 0 fully saturated rings. The zero-order valence-corrected chi connectivity index (χ0v) is 13.6. The Balaban J connectivity index is 2.08. The molecule has 2 rings (SSSR count). The highest BCUT2D eigenvalue weighted by molar-refractivity contribution is 7.89. The van der Waals surface area contributed by atoms with Crippen LogP contribution < -0.4 is 10.0 Å².